The number of hydrogen-bond acceptors (Lipinski definition) is 4. The zero-order chi connectivity index (χ0) is 12.0. The monoisotopic (exact) mass is 239 g/mol. The maximum Gasteiger partial charge on any atom is 0.244 e. The van der Waals surface area contributed by atoms with Crippen LogP contribution in [0.25, 0.3) is 0 Å². The van der Waals surface area contributed by atoms with Gasteiger partial charge in [-0.2, -0.15) is 0 Å². The third-order valence-electron chi connectivity index (χ3n) is 1.81. The number of pyridine rings is 1. The maximum atomic E-state index is 11.7. The van der Waals surface area contributed by atoms with E-state index in [0.717, 1.165) is 0 Å². The third kappa shape index (κ3) is 3.22. The molecule has 86 valence electrons. The number of rotatable bonds is 4. The van der Waals surface area contributed by atoms with Gasteiger partial charge in [-0.1, -0.05) is 0 Å². The highest BCUT2D eigenvalue weighted by Crippen LogP contribution is 2.13. The Kier molecular flexibility index (Phi) is 4.28. The Bertz CT molecular complexity index is 514. The molecule has 0 aliphatic rings. The SMILES string of the molecule is CC#CCCNS(=O)(=O)c1cccnc1N. The van der Waals surface area contributed by atoms with Crippen LogP contribution in [0.15, 0.2) is 23.2 Å². The van der Waals surface area contributed by atoms with Crippen molar-refractivity contribution < 1.29 is 8.42 Å². The second-order valence-electron chi connectivity index (χ2n) is 2.96. The molecule has 0 atom stereocenters. The van der Waals surface area contributed by atoms with Crippen LogP contribution in [-0.4, -0.2) is 19.9 Å². The normalized spacial score (nSPS) is 10.6. The van der Waals surface area contributed by atoms with Crippen LogP contribution in [0.2, 0.25) is 0 Å². The fourth-order valence-electron chi connectivity index (χ4n) is 1.08. The topological polar surface area (TPSA) is 85.1 Å². The van der Waals surface area contributed by atoms with Gasteiger partial charge in [-0.25, -0.2) is 18.1 Å². The van der Waals surface area contributed by atoms with Crippen LogP contribution < -0.4 is 10.5 Å². The summed E-state index contributed by atoms with van der Waals surface area (Å²) < 4.78 is 25.9. The zero-order valence-electron chi connectivity index (χ0n) is 8.90. The molecule has 1 aromatic heterocycles. The molecule has 1 aromatic rings. The summed E-state index contributed by atoms with van der Waals surface area (Å²) in [6, 6.07) is 2.94. The van der Waals surface area contributed by atoms with Crippen molar-refractivity contribution >= 4 is 15.8 Å². The average Bonchev–Trinajstić information content (AvgIpc) is 2.25. The fraction of sp³-hybridized carbons (Fsp3) is 0.300. The molecule has 0 unspecified atom stereocenters. The number of sulfonamides is 1. The van der Waals surface area contributed by atoms with Gasteiger partial charge >= 0.3 is 0 Å². The molecule has 0 fully saturated rings. The lowest BCUT2D eigenvalue weighted by Crippen LogP contribution is -2.25. The minimum Gasteiger partial charge on any atom is -0.383 e. The van der Waals surface area contributed by atoms with Gasteiger partial charge in [0.1, 0.15) is 10.7 Å². The first-order valence-corrected chi connectivity index (χ1v) is 6.16. The van der Waals surface area contributed by atoms with Crippen molar-refractivity contribution in [3.63, 3.8) is 0 Å². The van der Waals surface area contributed by atoms with E-state index in [2.05, 4.69) is 21.5 Å². The Balaban J connectivity index is 2.78. The summed E-state index contributed by atoms with van der Waals surface area (Å²) >= 11 is 0. The van der Waals surface area contributed by atoms with Crippen molar-refractivity contribution in [2.75, 3.05) is 12.3 Å². The second kappa shape index (κ2) is 5.49. The van der Waals surface area contributed by atoms with Crippen LogP contribution in [0.1, 0.15) is 13.3 Å². The number of anilines is 1. The number of nitrogen functional groups attached to an aromatic ring is 1. The number of nitrogens with one attached hydrogen (secondary N) is 1. The summed E-state index contributed by atoms with van der Waals surface area (Å²) in [5.41, 5.74) is 5.48. The lowest BCUT2D eigenvalue weighted by Gasteiger charge is -2.06. The van der Waals surface area contributed by atoms with Crippen LogP contribution in [0.5, 0.6) is 0 Å². The average molecular weight is 239 g/mol. The Hall–Kier alpha value is -1.58. The van der Waals surface area contributed by atoms with Gasteiger partial charge in [-0.3, -0.25) is 0 Å². The molecule has 0 aliphatic heterocycles. The number of nitrogens with two attached hydrogens (primary N) is 1. The van der Waals surface area contributed by atoms with E-state index in [-0.39, 0.29) is 17.3 Å². The van der Waals surface area contributed by atoms with E-state index in [0.29, 0.717) is 6.42 Å². The highest BCUT2D eigenvalue weighted by molar-refractivity contribution is 7.89. The highest BCUT2D eigenvalue weighted by atomic mass is 32.2. The van der Waals surface area contributed by atoms with Gasteiger partial charge in [-0.05, 0) is 19.1 Å². The van der Waals surface area contributed by atoms with Gasteiger partial charge in [-0.15, -0.1) is 11.8 Å². The standard InChI is InChI=1S/C10H13N3O2S/c1-2-3-4-8-13-16(14,15)9-6-5-7-12-10(9)11/h5-7,13H,4,8H2,1H3,(H2,11,12). The predicted octanol–water partition coefficient (Wildman–Crippen LogP) is 0.356. The van der Waals surface area contributed by atoms with E-state index in [1.54, 1.807) is 6.92 Å². The molecule has 0 spiro atoms. The molecular weight excluding hydrogens is 226 g/mol. The van der Waals surface area contributed by atoms with Crippen LogP contribution in [0.4, 0.5) is 5.82 Å². The molecule has 0 saturated carbocycles. The van der Waals surface area contributed by atoms with Gasteiger partial charge in [0.05, 0.1) is 0 Å². The molecule has 6 heteroatoms. The molecule has 0 radical (unpaired) electrons. The molecule has 0 aromatic carbocycles. The molecule has 0 aliphatic carbocycles. The first-order chi connectivity index (χ1) is 7.58. The van der Waals surface area contributed by atoms with Crippen molar-refractivity contribution in [2.45, 2.75) is 18.2 Å². The van der Waals surface area contributed by atoms with E-state index in [1.807, 2.05) is 0 Å². The third-order valence-corrected chi connectivity index (χ3v) is 3.32. The predicted molar refractivity (Wildman–Crippen MR) is 61.9 cm³/mol. The lowest BCUT2D eigenvalue weighted by atomic mass is 10.4. The fourth-order valence-corrected chi connectivity index (χ4v) is 2.19. The summed E-state index contributed by atoms with van der Waals surface area (Å²) in [5.74, 6) is 5.44. The first-order valence-electron chi connectivity index (χ1n) is 4.67. The van der Waals surface area contributed by atoms with E-state index in [1.165, 1.54) is 18.3 Å². The largest absolute Gasteiger partial charge is 0.383 e. The summed E-state index contributed by atoms with van der Waals surface area (Å²) in [5, 5.41) is 0. The molecule has 0 bridgehead atoms. The van der Waals surface area contributed by atoms with Gasteiger partial charge in [0.15, 0.2) is 0 Å². The van der Waals surface area contributed by atoms with Gasteiger partial charge in [0, 0.05) is 19.2 Å². The Labute approximate surface area is 95.1 Å². The van der Waals surface area contributed by atoms with Crippen LogP contribution in [0.3, 0.4) is 0 Å². The van der Waals surface area contributed by atoms with E-state index in [9.17, 15) is 8.42 Å². The summed E-state index contributed by atoms with van der Waals surface area (Å²) in [6.07, 6.45) is 1.91. The minimum atomic E-state index is -3.58. The van der Waals surface area contributed by atoms with E-state index < -0.39 is 10.0 Å². The number of hydrogen-bond donors (Lipinski definition) is 2. The van der Waals surface area contributed by atoms with Crippen LogP contribution in [-0.2, 0) is 10.0 Å². The van der Waals surface area contributed by atoms with Crippen molar-refractivity contribution in [1.82, 2.24) is 9.71 Å². The number of nitrogens with zero attached hydrogens (tertiary/aromatic N) is 1. The Morgan fingerprint density at radius 1 is 1.56 bits per heavy atom. The van der Waals surface area contributed by atoms with Gasteiger partial charge < -0.3 is 5.73 Å². The molecule has 3 N–H and O–H groups in total. The molecule has 1 heterocycles. The zero-order valence-corrected chi connectivity index (χ0v) is 9.71. The van der Waals surface area contributed by atoms with Crippen LogP contribution in [0, 0.1) is 11.8 Å². The Morgan fingerprint density at radius 2 is 2.31 bits per heavy atom. The molecule has 0 amide bonds. The second-order valence-corrected chi connectivity index (χ2v) is 4.70. The molecule has 1 rings (SSSR count). The minimum absolute atomic E-state index is 0.000502. The van der Waals surface area contributed by atoms with Crippen molar-refractivity contribution in [3.05, 3.63) is 18.3 Å². The quantitative estimate of drug-likeness (QED) is 0.586. The van der Waals surface area contributed by atoms with Crippen molar-refractivity contribution in [3.8, 4) is 11.8 Å². The number of aromatic nitrogens is 1. The van der Waals surface area contributed by atoms with Gasteiger partial charge in [0.25, 0.3) is 0 Å². The molecule has 16 heavy (non-hydrogen) atoms. The maximum absolute atomic E-state index is 11.7. The van der Waals surface area contributed by atoms with Crippen molar-refractivity contribution in [2.24, 2.45) is 0 Å². The first kappa shape index (κ1) is 12.5. The smallest absolute Gasteiger partial charge is 0.244 e. The Morgan fingerprint density at radius 3 is 2.94 bits per heavy atom. The molecule has 0 saturated heterocycles. The summed E-state index contributed by atoms with van der Waals surface area (Å²) in [7, 11) is -3.58. The molecule has 5 nitrogen and oxygen atoms in total. The molecular formula is C10H13N3O2S. The van der Waals surface area contributed by atoms with E-state index in [4.69, 9.17) is 5.73 Å². The lowest BCUT2D eigenvalue weighted by molar-refractivity contribution is 0.582. The summed E-state index contributed by atoms with van der Waals surface area (Å²) in [4.78, 5) is 3.72. The van der Waals surface area contributed by atoms with Gasteiger partial charge in [0.2, 0.25) is 10.0 Å². The van der Waals surface area contributed by atoms with E-state index >= 15 is 0 Å². The van der Waals surface area contributed by atoms with Crippen molar-refractivity contribution in [1.29, 1.82) is 0 Å². The highest BCUT2D eigenvalue weighted by Gasteiger charge is 2.16. The summed E-state index contributed by atoms with van der Waals surface area (Å²) in [6.45, 7) is 1.96. The van der Waals surface area contributed by atoms with Crippen LogP contribution >= 0.6 is 0 Å².